The molecular formula is C16H12ClNO3. The van der Waals surface area contributed by atoms with Gasteiger partial charge in [0.25, 0.3) is 5.91 Å². The number of anilines is 1. The maximum atomic E-state index is 12.2. The molecular weight excluding hydrogens is 290 g/mol. The van der Waals surface area contributed by atoms with Gasteiger partial charge in [-0.15, -0.1) is 0 Å². The largest absolute Gasteiger partial charge is 0.451 e. The topological polar surface area (TPSA) is 62.5 Å². The van der Waals surface area contributed by atoms with Crippen LogP contribution >= 0.6 is 11.6 Å². The number of furan rings is 1. The lowest BCUT2D eigenvalue weighted by molar-refractivity contribution is 0.0998. The zero-order valence-electron chi connectivity index (χ0n) is 11.0. The van der Waals surface area contributed by atoms with Crippen molar-refractivity contribution in [3.05, 3.63) is 64.9 Å². The molecule has 5 heteroatoms. The van der Waals surface area contributed by atoms with Crippen LogP contribution in [0.1, 0.15) is 16.1 Å². The number of fused-ring (bicyclic) bond motifs is 1. The highest BCUT2D eigenvalue weighted by atomic mass is 35.5. The highest BCUT2D eigenvalue weighted by molar-refractivity contribution is 6.31. The molecule has 0 unspecified atom stereocenters. The van der Waals surface area contributed by atoms with Gasteiger partial charge in [0.05, 0.1) is 6.61 Å². The van der Waals surface area contributed by atoms with Gasteiger partial charge in [0.2, 0.25) is 0 Å². The highest BCUT2D eigenvalue weighted by Crippen LogP contribution is 2.23. The van der Waals surface area contributed by atoms with Crippen molar-refractivity contribution >= 4 is 34.2 Å². The Morgan fingerprint density at radius 2 is 2.05 bits per heavy atom. The third-order valence-electron chi connectivity index (χ3n) is 3.07. The first-order valence-corrected chi connectivity index (χ1v) is 6.74. The SMILES string of the molecule is O=C(Nc1cccc(CO)c1)c1cc2cc(Cl)ccc2o1. The van der Waals surface area contributed by atoms with E-state index >= 15 is 0 Å². The van der Waals surface area contributed by atoms with Crippen molar-refractivity contribution in [3.8, 4) is 0 Å². The van der Waals surface area contributed by atoms with Gasteiger partial charge < -0.3 is 14.8 Å². The summed E-state index contributed by atoms with van der Waals surface area (Å²) in [4.78, 5) is 12.2. The third kappa shape index (κ3) is 2.91. The Morgan fingerprint density at radius 3 is 2.86 bits per heavy atom. The van der Waals surface area contributed by atoms with Crippen molar-refractivity contribution in [1.29, 1.82) is 0 Å². The van der Waals surface area contributed by atoms with Crippen molar-refractivity contribution in [2.24, 2.45) is 0 Å². The second-order valence-corrected chi connectivity index (χ2v) is 5.04. The maximum Gasteiger partial charge on any atom is 0.291 e. The van der Waals surface area contributed by atoms with Crippen LogP contribution in [-0.4, -0.2) is 11.0 Å². The molecule has 0 atom stereocenters. The average Bonchev–Trinajstić information content (AvgIpc) is 2.90. The van der Waals surface area contributed by atoms with Gasteiger partial charge in [-0.25, -0.2) is 0 Å². The molecule has 0 radical (unpaired) electrons. The number of hydrogen-bond acceptors (Lipinski definition) is 3. The minimum atomic E-state index is -0.350. The standard InChI is InChI=1S/C16H12ClNO3/c17-12-4-5-14-11(7-12)8-15(21-14)16(20)18-13-3-1-2-10(6-13)9-19/h1-8,19H,9H2,(H,18,20). The number of benzene rings is 2. The fourth-order valence-corrected chi connectivity index (χ4v) is 2.25. The molecule has 0 aliphatic rings. The van der Waals surface area contributed by atoms with Gasteiger partial charge in [-0.05, 0) is 42.0 Å². The summed E-state index contributed by atoms with van der Waals surface area (Å²) in [6, 6.07) is 13.8. The van der Waals surface area contributed by atoms with E-state index in [1.807, 2.05) is 0 Å². The van der Waals surface area contributed by atoms with Crippen LogP contribution in [0.25, 0.3) is 11.0 Å². The van der Waals surface area contributed by atoms with E-state index < -0.39 is 0 Å². The van der Waals surface area contributed by atoms with E-state index in [1.54, 1.807) is 48.5 Å². The Balaban J connectivity index is 1.86. The molecule has 1 heterocycles. The first kappa shape index (κ1) is 13.7. The van der Waals surface area contributed by atoms with E-state index in [4.69, 9.17) is 21.1 Å². The normalized spacial score (nSPS) is 10.8. The highest BCUT2D eigenvalue weighted by Gasteiger charge is 2.13. The number of amides is 1. The zero-order valence-corrected chi connectivity index (χ0v) is 11.7. The molecule has 0 spiro atoms. The summed E-state index contributed by atoms with van der Waals surface area (Å²) < 4.78 is 5.49. The summed E-state index contributed by atoms with van der Waals surface area (Å²) in [7, 11) is 0. The molecule has 0 bridgehead atoms. The first-order valence-electron chi connectivity index (χ1n) is 6.36. The van der Waals surface area contributed by atoms with Gasteiger partial charge in [0, 0.05) is 16.1 Å². The second kappa shape index (κ2) is 5.60. The lowest BCUT2D eigenvalue weighted by atomic mass is 10.2. The Kier molecular flexibility index (Phi) is 3.64. The minimum Gasteiger partial charge on any atom is -0.451 e. The molecule has 106 valence electrons. The predicted molar refractivity (Wildman–Crippen MR) is 81.5 cm³/mol. The molecule has 0 saturated carbocycles. The number of carbonyl (C=O) groups is 1. The van der Waals surface area contributed by atoms with Crippen molar-refractivity contribution < 1.29 is 14.3 Å². The average molecular weight is 302 g/mol. The molecule has 2 N–H and O–H groups in total. The summed E-state index contributed by atoms with van der Waals surface area (Å²) in [6.07, 6.45) is 0. The summed E-state index contributed by atoms with van der Waals surface area (Å²) in [5.74, 6) is -0.140. The van der Waals surface area contributed by atoms with E-state index in [0.717, 1.165) is 10.9 Å². The molecule has 3 aromatic rings. The number of aliphatic hydroxyl groups is 1. The van der Waals surface area contributed by atoms with Crippen LogP contribution in [0.4, 0.5) is 5.69 Å². The Labute approximate surface area is 126 Å². The predicted octanol–water partition coefficient (Wildman–Crippen LogP) is 3.83. The van der Waals surface area contributed by atoms with Gasteiger partial charge in [-0.2, -0.15) is 0 Å². The fraction of sp³-hybridized carbons (Fsp3) is 0.0625. The Hall–Kier alpha value is -2.30. The molecule has 0 aliphatic heterocycles. The summed E-state index contributed by atoms with van der Waals surface area (Å²) >= 11 is 5.90. The maximum absolute atomic E-state index is 12.2. The van der Waals surface area contributed by atoms with Crippen molar-refractivity contribution in [3.63, 3.8) is 0 Å². The summed E-state index contributed by atoms with van der Waals surface area (Å²) in [6.45, 7) is -0.0765. The van der Waals surface area contributed by atoms with Crippen LogP contribution in [0.5, 0.6) is 0 Å². The van der Waals surface area contributed by atoms with Gasteiger partial charge in [-0.3, -0.25) is 4.79 Å². The molecule has 21 heavy (non-hydrogen) atoms. The van der Waals surface area contributed by atoms with Crippen LogP contribution in [0, 0.1) is 0 Å². The number of carbonyl (C=O) groups excluding carboxylic acids is 1. The molecule has 1 aromatic heterocycles. The smallest absolute Gasteiger partial charge is 0.291 e. The van der Waals surface area contributed by atoms with E-state index in [2.05, 4.69) is 5.32 Å². The second-order valence-electron chi connectivity index (χ2n) is 4.61. The van der Waals surface area contributed by atoms with Crippen LogP contribution in [-0.2, 0) is 6.61 Å². The van der Waals surface area contributed by atoms with Crippen LogP contribution in [0.15, 0.2) is 52.9 Å². The van der Waals surface area contributed by atoms with E-state index in [0.29, 0.717) is 16.3 Å². The zero-order chi connectivity index (χ0) is 14.8. The lowest BCUT2D eigenvalue weighted by Crippen LogP contribution is -2.10. The third-order valence-corrected chi connectivity index (χ3v) is 3.30. The number of aliphatic hydroxyl groups excluding tert-OH is 1. The van der Waals surface area contributed by atoms with Crippen molar-refractivity contribution in [1.82, 2.24) is 0 Å². The number of halogens is 1. The monoisotopic (exact) mass is 301 g/mol. The van der Waals surface area contributed by atoms with Crippen molar-refractivity contribution in [2.45, 2.75) is 6.61 Å². The van der Waals surface area contributed by atoms with Crippen LogP contribution < -0.4 is 5.32 Å². The molecule has 0 saturated heterocycles. The van der Waals surface area contributed by atoms with E-state index in [1.165, 1.54) is 0 Å². The molecule has 0 fully saturated rings. The van der Waals surface area contributed by atoms with Gasteiger partial charge in [0.15, 0.2) is 5.76 Å². The molecule has 3 rings (SSSR count). The van der Waals surface area contributed by atoms with Crippen LogP contribution in [0.3, 0.4) is 0 Å². The first-order chi connectivity index (χ1) is 10.2. The van der Waals surface area contributed by atoms with E-state index in [-0.39, 0.29) is 18.3 Å². The van der Waals surface area contributed by atoms with Crippen LogP contribution in [0.2, 0.25) is 5.02 Å². The number of rotatable bonds is 3. The fourth-order valence-electron chi connectivity index (χ4n) is 2.07. The van der Waals surface area contributed by atoms with Gasteiger partial charge >= 0.3 is 0 Å². The van der Waals surface area contributed by atoms with Gasteiger partial charge in [0.1, 0.15) is 5.58 Å². The number of nitrogens with one attached hydrogen (secondary N) is 1. The van der Waals surface area contributed by atoms with Gasteiger partial charge in [-0.1, -0.05) is 23.7 Å². The minimum absolute atomic E-state index is 0.0765. The quantitative estimate of drug-likeness (QED) is 0.773. The van der Waals surface area contributed by atoms with E-state index in [9.17, 15) is 4.79 Å². The molecule has 4 nitrogen and oxygen atoms in total. The van der Waals surface area contributed by atoms with Crippen molar-refractivity contribution in [2.75, 3.05) is 5.32 Å². The Morgan fingerprint density at radius 1 is 1.19 bits per heavy atom. The lowest BCUT2D eigenvalue weighted by Gasteiger charge is -2.04. The number of hydrogen-bond donors (Lipinski definition) is 2. The molecule has 1 amide bonds. The molecule has 2 aromatic carbocycles. The summed E-state index contributed by atoms with van der Waals surface area (Å²) in [5.41, 5.74) is 1.93. The summed E-state index contributed by atoms with van der Waals surface area (Å²) in [5, 5.41) is 13.2. The molecule has 0 aliphatic carbocycles. The Bertz CT molecular complexity index is 810.